The second-order valence-corrected chi connectivity index (χ2v) is 21.4. The Morgan fingerprint density at radius 2 is 1.71 bits per heavy atom. The molecule has 324 valence electrons. The third kappa shape index (κ3) is 6.39. The molecule has 0 bridgehead atoms. The zero-order valence-corrected chi connectivity index (χ0v) is 38.0. The van der Waals surface area contributed by atoms with Crippen LogP contribution in [0.1, 0.15) is 132 Å². The number of allylic oxidation sites excluding steroid dienone is 2. The first-order valence-electron chi connectivity index (χ1n) is 21.9. The predicted molar refractivity (Wildman–Crippen MR) is 228 cm³/mol. The van der Waals surface area contributed by atoms with Gasteiger partial charge in [-0.05, 0) is 129 Å². The lowest BCUT2D eigenvalue weighted by Gasteiger charge is -2.72. The van der Waals surface area contributed by atoms with E-state index in [0.717, 1.165) is 62.6 Å². The van der Waals surface area contributed by atoms with Crippen LogP contribution < -0.4 is 15.6 Å². The monoisotopic (exact) mass is 834 g/mol. The number of hydrogen-bond donors (Lipinski definition) is 2. The van der Waals surface area contributed by atoms with Crippen LogP contribution in [-0.2, 0) is 31.1 Å². The van der Waals surface area contributed by atoms with Crippen molar-refractivity contribution >= 4 is 29.3 Å². The molecule has 2 N–H and O–H groups in total. The van der Waals surface area contributed by atoms with E-state index in [9.17, 15) is 24.3 Å². The number of carboxylic acid groups (broad SMARTS) is 1. The number of nitrogens with one attached hydrogen (secondary N) is 1. The Balaban J connectivity index is 1.28. The summed E-state index contributed by atoms with van der Waals surface area (Å²) in [7, 11) is 3.46. The van der Waals surface area contributed by atoms with Crippen molar-refractivity contribution < 1.29 is 29.0 Å². The van der Waals surface area contributed by atoms with E-state index in [1.807, 2.05) is 17.8 Å². The normalized spacial score (nSPS) is 33.9. The number of ketones is 1. The van der Waals surface area contributed by atoms with Crippen molar-refractivity contribution in [1.29, 1.82) is 0 Å². The molecule has 5 aliphatic carbocycles. The van der Waals surface area contributed by atoms with Gasteiger partial charge in [0.05, 0.1) is 43.1 Å². The molecule has 7 rings (SSSR count). The number of methoxy groups -OCH3 is 1. The van der Waals surface area contributed by atoms with Gasteiger partial charge in [-0.25, -0.2) is 9.67 Å². The molecule has 4 fully saturated rings. The summed E-state index contributed by atoms with van der Waals surface area (Å²) < 4.78 is 15.2. The maximum Gasteiger partial charge on any atom is 0.309 e. The number of nitrogens with zero attached hydrogens (tertiary/aromatic N) is 3. The summed E-state index contributed by atoms with van der Waals surface area (Å²) in [5.74, 6) is 0.0753. The van der Waals surface area contributed by atoms with Crippen molar-refractivity contribution in [1.82, 2.24) is 19.7 Å². The molecule has 0 saturated heterocycles. The van der Waals surface area contributed by atoms with Crippen LogP contribution in [0.4, 0.5) is 0 Å². The van der Waals surface area contributed by atoms with Gasteiger partial charge in [0, 0.05) is 29.9 Å². The van der Waals surface area contributed by atoms with Gasteiger partial charge in [-0.2, -0.15) is 0 Å². The van der Waals surface area contributed by atoms with Crippen molar-refractivity contribution in [2.75, 3.05) is 20.7 Å². The van der Waals surface area contributed by atoms with Crippen molar-refractivity contribution in [2.24, 2.45) is 50.7 Å². The SMILES string of the molecule is CNCCn1c([C@@]23CC[C@]4(C)[C@H](CC[C@H]5C4(C)CC[C@H]4C(C)(C)[C@@H](OC(=O)CC(C)(C)C(=O)O)CC[C@@]45C)C2=C(C(C)C)C(=O)C3)c(Cl)c(=O)n1-c1ccc(OC)nc1. The average molecular weight is 836 g/mol. The maximum atomic E-state index is 14.6. The van der Waals surface area contributed by atoms with Crippen molar-refractivity contribution in [3.63, 3.8) is 0 Å². The number of carbonyl (C=O) groups is 3. The average Bonchev–Trinajstić information content (AvgIpc) is 3.61. The van der Waals surface area contributed by atoms with Gasteiger partial charge in [-0.1, -0.05) is 60.1 Å². The van der Waals surface area contributed by atoms with Gasteiger partial charge >= 0.3 is 11.9 Å². The van der Waals surface area contributed by atoms with Crippen molar-refractivity contribution in [2.45, 2.75) is 145 Å². The second kappa shape index (κ2) is 14.9. The molecule has 11 nitrogen and oxygen atoms in total. The Hall–Kier alpha value is -3.44. The zero-order chi connectivity index (χ0) is 43.2. The summed E-state index contributed by atoms with van der Waals surface area (Å²) in [6.07, 6.45) is 8.82. The lowest BCUT2D eigenvalue weighted by Crippen LogP contribution is -2.66. The van der Waals surface area contributed by atoms with Gasteiger partial charge < -0.3 is 19.9 Å². The first kappa shape index (κ1) is 43.6. The highest BCUT2D eigenvalue weighted by Gasteiger charge is 2.71. The Kier molecular flexibility index (Phi) is 11.0. The molecule has 0 amide bonds. The molecule has 0 aliphatic heterocycles. The summed E-state index contributed by atoms with van der Waals surface area (Å²) in [5.41, 5.74) is 0.851. The quantitative estimate of drug-likeness (QED) is 0.213. The van der Waals surface area contributed by atoms with Gasteiger partial charge in [0.15, 0.2) is 5.78 Å². The summed E-state index contributed by atoms with van der Waals surface area (Å²) in [6.45, 7) is 20.6. The van der Waals surface area contributed by atoms with Crippen LogP contribution in [0.15, 0.2) is 34.3 Å². The highest BCUT2D eigenvalue weighted by atomic mass is 35.5. The number of Topliss-reactive ketones (excluding diaryl/α,β-unsaturated/α-hetero) is 1. The number of fused-ring (bicyclic) bond motifs is 7. The molecule has 8 atom stereocenters. The van der Waals surface area contributed by atoms with Gasteiger partial charge in [0.1, 0.15) is 11.1 Å². The predicted octanol–water partition coefficient (Wildman–Crippen LogP) is 8.56. The number of aromatic nitrogens is 3. The lowest BCUT2D eigenvalue weighted by molar-refractivity contribution is -0.232. The van der Waals surface area contributed by atoms with E-state index in [4.69, 9.17) is 21.1 Å². The molecule has 1 unspecified atom stereocenters. The highest BCUT2D eigenvalue weighted by Crippen LogP contribution is 2.77. The Bertz CT molecular complexity index is 2120. The number of hydrogen-bond acceptors (Lipinski definition) is 8. The molecule has 2 aromatic rings. The topological polar surface area (TPSA) is 142 Å². The number of pyridine rings is 1. The first-order chi connectivity index (χ1) is 27.6. The summed E-state index contributed by atoms with van der Waals surface area (Å²) in [5, 5.41) is 13.1. The highest BCUT2D eigenvalue weighted by molar-refractivity contribution is 6.31. The molecule has 12 heteroatoms. The van der Waals surface area contributed by atoms with E-state index in [1.54, 1.807) is 37.9 Å². The molecule has 5 aliphatic rings. The van der Waals surface area contributed by atoms with Gasteiger partial charge in [-0.3, -0.25) is 23.9 Å². The van der Waals surface area contributed by atoms with E-state index in [-0.39, 0.29) is 62.4 Å². The van der Waals surface area contributed by atoms with E-state index in [0.29, 0.717) is 42.9 Å². The fraction of sp³-hybridized carbons (Fsp3) is 0.723. The minimum atomic E-state index is -1.19. The molecule has 4 saturated carbocycles. The minimum Gasteiger partial charge on any atom is -0.481 e. The number of ether oxygens (including phenoxy) is 2. The van der Waals surface area contributed by atoms with E-state index in [2.05, 4.69) is 58.8 Å². The smallest absolute Gasteiger partial charge is 0.309 e. The van der Waals surface area contributed by atoms with E-state index < -0.39 is 22.8 Å². The second-order valence-electron chi connectivity index (χ2n) is 21.0. The Labute approximate surface area is 355 Å². The number of likely N-dealkylation sites (N-methyl/N-ethyl adjacent to an activating group) is 1. The largest absolute Gasteiger partial charge is 0.481 e. The Morgan fingerprint density at radius 3 is 2.32 bits per heavy atom. The summed E-state index contributed by atoms with van der Waals surface area (Å²) in [6, 6.07) is 3.57. The van der Waals surface area contributed by atoms with Crippen LogP contribution in [0.5, 0.6) is 5.88 Å². The van der Waals surface area contributed by atoms with Crippen molar-refractivity contribution in [3.05, 3.63) is 50.5 Å². The molecular weight excluding hydrogens is 768 g/mol. The number of halogens is 1. The molecule has 0 aromatic carbocycles. The number of carboxylic acids is 1. The first-order valence-corrected chi connectivity index (χ1v) is 22.3. The number of aliphatic carboxylic acids is 1. The van der Waals surface area contributed by atoms with Crippen molar-refractivity contribution in [3.8, 4) is 11.6 Å². The molecule has 0 spiro atoms. The fourth-order valence-electron chi connectivity index (χ4n) is 14.0. The Morgan fingerprint density at radius 1 is 1.00 bits per heavy atom. The fourth-order valence-corrected chi connectivity index (χ4v) is 14.4. The van der Waals surface area contributed by atoms with Crippen LogP contribution in [0.25, 0.3) is 5.69 Å². The zero-order valence-electron chi connectivity index (χ0n) is 37.2. The van der Waals surface area contributed by atoms with E-state index >= 15 is 0 Å². The third-order valence-corrected chi connectivity index (χ3v) is 17.4. The number of esters is 1. The molecule has 2 heterocycles. The minimum absolute atomic E-state index is 0.00355. The number of rotatable bonds is 11. The van der Waals surface area contributed by atoms with Crippen LogP contribution in [0, 0.1) is 50.7 Å². The standard InChI is InChI=1S/C47H67ClN4O7/c1-27(2)36-30(53)24-47(39-38(48)40(55)52(51(39)23-22-49-10)28-12-15-34(58-11)50-26-28)21-20-45(8)29(37(36)47)13-14-32-44(7)18-17-33(59-35(54)25-42(3,4)41(56)57)43(5,6)31(44)16-19-46(32,45)9/h12,15,26-27,29,31-33,49H,13-14,16-25H2,1-11H3,(H,56,57)/t29-,31+,32-,33+,44+,45-,46?,47-/m1/s1. The van der Waals surface area contributed by atoms with Gasteiger partial charge in [0.2, 0.25) is 5.88 Å². The third-order valence-electron chi connectivity index (χ3n) is 17.1. The molecule has 2 aromatic heterocycles. The van der Waals surface area contributed by atoms with Crippen LogP contribution in [0.3, 0.4) is 0 Å². The van der Waals surface area contributed by atoms with Crippen LogP contribution in [0.2, 0.25) is 5.02 Å². The van der Waals surface area contributed by atoms with Gasteiger partial charge in [-0.15, -0.1) is 0 Å². The molecule has 59 heavy (non-hydrogen) atoms. The maximum absolute atomic E-state index is 14.6. The molecular formula is C47H67ClN4O7. The van der Waals surface area contributed by atoms with E-state index in [1.165, 1.54) is 5.57 Å². The summed E-state index contributed by atoms with van der Waals surface area (Å²) >= 11 is 7.32. The summed E-state index contributed by atoms with van der Waals surface area (Å²) in [4.78, 5) is 58.5. The van der Waals surface area contributed by atoms with Crippen LogP contribution >= 0.6 is 11.6 Å². The number of carbonyl (C=O) groups excluding carboxylic acids is 2. The molecule has 0 radical (unpaired) electrons. The lowest BCUT2D eigenvalue weighted by atomic mass is 9.33. The van der Waals surface area contributed by atoms with Gasteiger partial charge in [0.25, 0.3) is 5.56 Å². The van der Waals surface area contributed by atoms with Crippen LogP contribution in [-0.4, -0.2) is 64.0 Å².